The summed E-state index contributed by atoms with van der Waals surface area (Å²) in [5.41, 5.74) is 1.71. The minimum atomic E-state index is -0.421. The number of alkyl halides is 1. The number of carbonyl (C=O) groups excluding carboxylic acids is 1. The number of likely N-dealkylation sites (tertiary alicyclic amines) is 1. The molecule has 1 fully saturated rings. The van der Waals surface area contributed by atoms with E-state index in [9.17, 15) is 13.6 Å². The second-order valence-electron chi connectivity index (χ2n) is 6.35. The molecule has 1 heterocycles. The molecule has 0 spiro atoms. The molecular formula is C20H21F2NO2. The molecule has 0 N–H and O–H groups in total. The average molecular weight is 345 g/mol. The Kier molecular flexibility index (Phi) is 5.64. The first-order valence-electron chi connectivity index (χ1n) is 8.46. The molecule has 25 heavy (non-hydrogen) atoms. The lowest BCUT2D eigenvalue weighted by atomic mass is 9.88. The number of hydrogen-bond donors (Lipinski definition) is 0. The third kappa shape index (κ3) is 4.35. The van der Waals surface area contributed by atoms with Crippen LogP contribution >= 0.6 is 0 Å². The summed E-state index contributed by atoms with van der Waals surface area (Å²) in [5, 5.41) is 0. The molecule has 0 saturated carbocycles. The summed E-state index contributed by atoms with van der Waals surface area (Å²) in [5.74, 6) is -0.423. The predicted molar refractivity (Wildman–Crippen MR) is 91.2 cm³/mol. The van der Waals surface area contributed by atoms with Crippen molar-refractivity contribution in [1.29, 1.82) is 0 Å². The molecule has 2 aromatic carbocycles. The third-order valence-electron chi connectivity index (χ3n) is 4.62. The second-order valence-corrected chi connectivity index (χ2v) is 6.35. The molecule has 0 unspecified atom stereocenters. The molecule has 0 aromatic heterocycles. The zero-order chi connectivity index (χ0) is 17.6. The zero-order valence-corrected chi connectivity index (χ0v) is 13.9. The van der Waals surface area contributed by atoms with Gasteiger partial charge in [-0.2, -0.15) is 0 Å². The van der Waals surface area contributed by atoms with Crippen molar-refractivity contribution >= 4 is 6.09 Å². The minimum absolute atomic E-state index is 0.0896. The lowest BCUT2D eigenvalue weighted by Gasteiger charge is -2.38. The van der Waals surface area contributed by atoms with Crippen molar-refractivity contribution in [2.75, 3.05) is 13.2 Å². The van der Waals surface area contributed by atoms with Gasteiger partial charge in [-0.25, -0.2) is 9.18 Å². The molecule has 1 aliphatic rings. The second kappa shape index (κ2) is 8.10. The number of piperidine rings is 1. The van der Waals surface area contributed by atoms with E-state index in [0.717, 1.165) is 11.1 Å². The van der Waals surface area contributed by atoms with Crippen molar-refractivity contribution in [1.82, 2.24) is 4.90 Å². The normalized spacial score (nSPS) is 20.3. The number of benzene rings is 2. The fourth-order valence-electron chi connectivity index (χ4n) is 3.20. The maximum absolute atomic E-state index is 13.2. The first-order valence-corrected chi connectivity index (χ1v) is 8.46. The SMILES string of the molecule is O=C(OCc1ccccc1)N1CC[C@@H](CF)C[C@@H]1c1ccc(F)cc1. The van der Waals surface area contributed by atoms with Crippen LogP contribution in [0, 0.1) is 11.7 Å². The Morgan fingerprint density at radius 3 is 2.52 bits per heavy atom. The number of halogens is 2. The van der Waals surface area contributed by atoms with Gasteiger partial charge in [0.15, 0.2) is 0 Å². The van der Waals surface area contributed by atoms with Crippen molar-refractivity contribution in [3.8, 4) is 0 Å². The Hall–Kier alpha value is -2.43. The topological polar surface area (TPSA) is 29.5 Å². The Morgan fingerprint density at radius 1 is 1.12 bits per heavy atom. The fraction of sp³-hybridized carbons (Fsp3) is 0.350. The number of hydrogen-bond acceptors (Lipinski definition) is 2. The van der Waals surface area contributed by atoms with Crippen molar-refractivity contribution in [3.63, 3.8) is 0 Å². The number of carbonyl (C=O) groups is 1. The lowest BCUT2D eigenvalue weighted by molar-refractivity contribution is 0.0530. The highest BCUT2D eigenvalue weighted by Gasteiger charge is 2.33. The Bertz CT molecular complexity index is 691. The summed E-state index contributed by atoms with van der Waals surface area (Å²) in [6.45, 7) is 0.216. The highest BCUT2D eigenvalue weighted by atomic mass is 19.1. The van der Waals surface area contributed by atoms with Gasteiger partial charge in [0.2, 0.25) is 0 Å². The van der Waals surface area contributed by atoms with Gasteiger partial charge in [0, 0.05) is 6.54 Å². The van der Waals surface area contributed by atoms with E-state index in [-0.39, 0.29) is 24.4 Å². The van der Waals surface area contributed by atoms with Crippen LogP contribution in [0.25, 0.3) is 0 Å². The molecule has 1 amide bonds. The number of amides is 1. The van der Waals surface area contributed by atoms with E-state index >= 15 is 0 Å². The van der Waals surface area contributed by atoms with Crippen LogP contribution in [0.1, 0.15) is 30.0 Å². The molecule has 0 bridgehead atoms. The molecule has 132 valence electrons. The van der Waals surface area contributed by atoms with E-state index in [1.165, 1.54) is 12.1 Å². The molecule has 1 aliphatic heterocycles. The van der Waals surface area contributed by atoms with Gasteiger partial charge in [-0.15, -0.1) is 0 Å². The largest absolute Gasteiger partial charge is 0.445 e. The summed E-state index contributed by atoms with van der Waals surface area (Å²) in [7, 11) is 0. The molecule has 1 saturated heterocycles. The van der Waals surface area contributed by atoms with Crippen molar-refractivity contribution in [3.05, 3.63) is 71.5 Å². The van der Waals surface area contributed by atoms with Crippen LogP contribution in [0.5, 0.6) is 0 Å². The van der Waals surface area contributed by atoms with Gasteiger partial charge in [-0.05, 0) is 42.0 Å². The fourth-order valence-corrected chi connectivity index (χ4v) is 3.20. The molecule has 5 heteroatoms. The molecule has 2 aromatic rings. The monoisotopic (exact) mass is 345 g/mol. The van der Waals surface area contributed by atoms with E-state index < -0.39 is 12.8 Å². The van der Waals surface area contributed by atoms with E-state index in [2.05, 4.69) is 0 Å². The van der Waals surface area contributed by atoms with Gasteiger partial charge < -0.3 is 9.64 Å². The summed E-state index contributed by atoms with van der Waals surface area (Å²) in [6, 6.07) is 15.2. The van der Waals surface area contributed by atoms with Crippen molar-refractivity contribution in [2.24, 2.45) is 5.92 Å². The number of rotatable bonds is 4. The summed E-state index contributed by atoms with van der Waals surface area (Å²) < 4.78 is 31.8. The van der Waals surface area contributed by atoms with E-state index in [1.54, 1.807) is 17.0 Å². The molecule has 2 atom stereocenters. The van der Waals surface area contributed by atoms with Gasteiger partial charge in [0.05, 0.1) is 12.7 Å². The third-order valence-corrected chi connectivity index (χ3v) is 4.62. The van der Waals surface area contributed by atoms with Gasteiger partial charge in [-0.1, -0.05) is 42.5 Å². The van der Waals surface area contributed by atoms with Crippen LogP contribution in [0.15, 0.2) is 54.6 Å². The Labute approximate surface area is 146 Å². The lowest BCUT2D eigenvalue weighted by Crippen LogP contribution is -2.41. The van der Waals surface area contributed by atoms with Crippen molar-refractivity contribution < 1.29 is 18.3 Å². The molecule has 3 rings (SSSR count). The van der Waals surface area contributed by atoms with Crippen LogP contribution in [-0.4, -0.2) is 24.2 Å². The first-order chi connectivity index (χ1) is 12.2. The summed E-state index contributed by atoms with van der Waals surface area (Å²) in [4.78, 5) is 14.2. The summed E-state index contributed by atoms with van der Waals surface area (Å²) >= 11 is 0. The van der Waals surface area contributed by atoms with E-state index in [1.807, 2.05) is 30.3 Å². The van der Waals surface area contributed by atoms with E-state index in [0.29, 0.717) is 19.4 Å². The highest BCUT2D eigenvalue weighted by Crippen LogP contribution is 2.35. The maximum Gasteiger partial charge on any atom is 0.410 e. The molecule has 0 aliphatic carbocycles. The van der Waals surface area contributed by atoms with Gasteiger partial charge >= 0.3 is 6.09 Å². The van der Waals surface area contributed by atoms with Crippen LogP contribution in [0.2, 0.25) is 0 Å². The van der Waals surface area contributed by atoms with Gasteiger partial charge in [0.1, 0.15) is 12.4 Å². The van der Waals surface area contributed by atoms with Crippen LogP contribution in [-0.2, 0) is 11.3 Å². The smallest absolute Gasteiger partial charge is 0.410 e. The van der Waals surface area contributed by atoms with Crippen LogP contribution < -0.4 is 0 Å². The average Bonchev–Trinajstić information content (AvgIpc) is 2.67. The molecular weight excluding hydrogens is 324 g/mol. The number of nitrogens with zero attached hydrogens (tertiary/aromatic N) is 1. The zero-order valence-electron chi connectivity index (χ0n) is 13.9. The van der Waals surface area contributed by atoms with Gasteiger partial charge in [-0.3, -0.25) is 4.39 Å². The Balaban J connectivity index is 1.72. The van der Waals surface area contributed by atoms with E-state index in [4.69, 9.17) is 4.74 Å². The predicted octanol–water partition coefficient (Wildman–Crippen LogP) is 4.89. The molecule has 0 radical (unpaired) electrons. The quantitative estimate of drug-likeness (QED) is 0.790. The summed E-state index contributed by atoms with van der Waals surface area (Å²) in [6.07, 6.45) is 0.701. The Morgan fingerprint density at radius 2 is 1.84 bits per heavy atom. The highest BCUT2D eigenvalue weighted by molar-refractivity contribution is 5.68. The van der Waals surface area contributed by atoms with Crippen LogP contribution in [0.4, 0.5) is 13.6 Å². The van der Waals surface area contributed by atoms with Gasteiger partial charge in [0.25, 0.3) is 0 Å². The van der Waals surface area contributed by atoms with Crippen molar-refractivity contribution in [2.45, 2.75) is 25.5 Å². The standard InChI is InChI=1S/C20H21F2NO2/c21-13-16-10-11-23(19(12-16)17-6-8-18(22)9-7-17)20(24)25-14-15-4-2-1-3-5-15/h1-9,16,19H,10-14H2/t16-,19-/m1/s1. The molecule has 3 nitrogen and oxygen atoms in total. The number of ether oxygens (including phenoxy) is 1. The maximum atomic E-state index is 13.2. The first kappa shape index (κ1) is 17.4. The minimum Gasteiger partial charge on any atom is -0.445 e. The van der Waals surface area contributed by atoms with Crippen LogP contribution in [0.3, 0.4) is 0 Å².